The second-order valence-electron chi connectivity index (χ2n) is 3.95. The molecule has 1 fully saturated rings. The Hall–Kier alpha value is 0.0300. The smallest absolute Gasteiger partial charge is 0.171 e. The minimum atomic E-state index is 0.526. The molecular formula is C11H7Br2ClN2S. The lowest BCUT2D eigenvalue weighted by Crippen LogP contribution is -1.93. The molecule has 1 aliphatic rings. The Morgan fingerprint density at radius 2 is 2.00 bits per heavy atom. The molecule has 0 unspecified atom stereocenters. The number of rotatable bonds is 2. The van der Waals surface area contributed by atoms with Crippen molar-refractivity contribution in [3.8, 4) is 10.7 Å². The van der Waals surface area contributed by atoms with E-state index in [9.17, 15) is 0 Å². The summed E-state index contributed by atoms with van der Waals surface area (Å²) in [6.07, 6.45) is 2.43. The Kier molecular flexibility index (Phi) is 3.28. The van der Waals surface area contributed by atoms with Gasteiger partial charge in [-0.3, -0.25) is 0 Å². The molecule has 17 heavy (non-hydrogen) atoms. The zero-order valence-electron chi connectivity index (χ0n) is 8.58. The number of thiophene rings is 1. The van der Waals surface area contributed by atoms with Gasteiger partial charge in [-0.1, -0.05) is 11.6 Å². The van der Waals surface area contributed by atoms with Crippen LogP contribution < -0.4 is 0 Å². The fraction of sp³-hybridized carbons (Fsp3) is 0.273. The van der Waals surface area contributed by atoms with Crippen molar-refractivity contribution in [3.05, 3.63) is 31.2 Å². The predicted molar refractivity (Wildman–Crippen MR) is 77.7 cm³/mol. The first kappa shape index (κ1) is 12.1. The van der Waals surface area contributed by atoms with Crippen molar-refractivity contribution in [1.29, 1.82) is 0 Å². The Morgan fingerprint density at radius 1 is 1.24 bits per heavy atom. The van der Waals surface area contributed by atoms with E-state index >= 15 is 0 Å². The van der Waals surface area contributed by atoms with Crippen molar-refractivity contribution in [3.63, 3.8) is 0 Å². The summed E-state index contributed by atoms with van der Waals surface area (Å²) in [6.45, 7) is 0. The molecule has 0 N–H and O–H groups in total. The topological polar surface area (TPSA) is 25.8 Å². The molecule has 2 aromatic heterocycles. The molecule has 2 heterocycles. The van der Waals surface area contributed by atoms with Gasteiger partial charge in [0.1, 0.15) is 5.15 Å². The molecule has 0 spiro atoms. The van der Waals surface area contributed by atoms with Gasteiger partial charge in [0.05, 0.1) is 8.66 Å². The highest BCUT2D eigenvalue weighted by molar-refractivity contribution is 9.13. The van der Waals surface area contributed by atoms with Gasteiger partial charge < -0.3 is 0 Å². The molecule has 0 amide bonds. The summed E-state index contributed by atoms with van der Waals surface area (Å²) in [4.78, 5) is 9.91. The van der Waals surface area contributed by atoms with E-state index in [1.54, 1.807) is 11.3 Å². The van der Waals surface area contributed by atoms with E-state index in [0.717, 1.165) is 24.7 Å². The molecular weight excluding hydrogens is 387 g/mol. The molecule has 0 atom stereocenters. The summed E-state index contributed by atoms with van der Waals surface area (Å²) in [5.74, 6) is 1.30. The number of hydrogen-bond acceptors (Lipinski definition) is 3. The Balaban J connectivity index is 2.07. The van der Waals surface area contributed by atoms with E-state index in [4.69, 9.17) is 11.6 Å². The molecule has 6 heteroatoms. The van der Waals surface area contributed by atoms with Gasteiger partial charge in [-0.25, -0.2) is 9.97 Å². The Bertz CT molecular complexity index is 561. The number of nitrogens with zero attached hydrogens (tertiary/aromatic N) is 2. The molecule has 2 nitrogen and oxygen atoms in total. The van der Waals surface area contributed by atoms with E-state index in [0.29, 0.717) is 11.1 Å². The summed E-state index contributed by atoms with van der Waals surface area (Å²) in [5.41, 5.74) is 1.07. The van der Waals surface area contributed by atoms with Crippen molar-refractivity contribution in [2.75, 3.05) is 0 Å². The van der Waals surface area contributed by atoms with Gasteiger partial charge in [0, 0.05) is 16.1 Å². The molecule has 0 radical (unpaired) electrons. The lowest BCUT2D eigenvalue weighted by molar-refractivity contribution is 0.996. The molecule has 0 bridgehead atoms. The SMILES string of the molecule is Clc1cc(C2CC2)nc(-c2cc(Br)c(Br)s2)n1. The van der Waals surface area contributed by atoms with E-state index in [1.165, 1.54) is 12.8 Å². The van der Waals surface area contributed by atoms with Crippen molar-refractivity contribution in [2.45, 2.75) is 18.8 Å². The van der Waals surface area contributed by atoms with Crippen LogP contribution in [-0.2, 0) is 0 Å². The van der Waals surface area contributed by atoms with E-state index in [1.807, 2.05) is 12.1 Å². The second-order valence-corrected chi connectivity index (χ2v) is 7.56. The fourth-order valence-electron chi connectivity index (χ4n) is 1.59. The van der Waals surface area contributed by atoms with Crippen molar-refractivity contribution >= 4 is 54.8 Å². The first-order valence-electron chi connectivity index (χ1n) is 5.13. The van der Waals surface area contributed by atoms with Crippen LogP contribution in [0.4, 0.5) is 0 Å². The Morgan fingerprint density at radius 3 is 2.59 bits per heavy atom. The zero-order valence-corrected chi connectivity index (χ0v) is 13.3. The molecule has 1 aliphatic carbocycles. The van der Waals surface area contributed by atoms with Crippen LogP contribution in [0.3, 0.4) is 0 Å². The summed E-state index contributed by atoms with van der Waals surface area (Å²) in [6, 6.07) is 3.89. The van der Waals surface area contributed by atoms with Gasteiger partial charge in [-0.15, -0.1) is 11.3 Å². The van der Waals surface area contributed by atoms with Crippen LogP contribution in [-0.4, -0.2) is 9.97 Å². The van der Waals surface area contributed by atoms with Crippen LogP contribution in [0.25, 0.3) is 10.7 Å². The van der Waals surface area contributed by atoms with Crippen LogP contribution in [0, 0.1) is 0 Å². The van der Waals surface area contributed by atoms with Gasteiger partial charge in [-0.05, 0) is 56.8 Å². The molecule has 0 aliphatic heterocycles. The van der Waals surface area contributed by atoms with Crippen LogP contribution in [0.1, 0.15) is 24.5 Å². The highest BCUT2D eigenvalue weighted by atomic mass is 79.9. The fourth-order valence-corrected chi connectivity index (χ4v) is 3.75. The van der Waals surface area contributed by atoms with Gasteiger partial charge in [0.15, 0.2) is 5.82 Å². The average Bonchev–Trinajstić information content (AvgIpc) is 3.06. The lowest BCUT2D eigenvalue weighted by Gasteiger charge is -2.01. The maximum Gasteiger partial charge on any atom is 0.171 e. The first-order chi connectivity index (χ1) is 8.13. The molecule has 2 aromatic rings. The maximum atomic E-state index is 6.05. The minimum Gasteiger partial charge on any atom is -0.232 e. The van der Waals surface area contributed by atoms with Crippen molar-refractivity contribution in [1.82, 2.24) is 9.97 Å². The quantitative estimate of drug-likeness (QED) is 0.649. The average molecular weight is 395 g/mol. The molecule has 0 aromatic carbocycles. The van der Waals surface area contributed by atoms with Crippen LogP contribution in [0.5, 0.6) is 0 Å². The standard InChI is InChI=1S/C11H7Br2ClN2S/c12-6-3-8(17-10(6)13)11-15-7(5-1-2-5)4-9(14)16-11/h3-5H,1-2H2. The molecule has 88 valence electrons. The summed E-state index contributed by atoms with van der Waals surface area (Å²) >= 11 is 14.6. The highest BCUT2D eigenvalue weighted by Crippen LogP contribution is 2.41. The molecule has 0 saturated heterocycles. The van der Waals surface area contributed by atoms with Gasteiger partial charge in [0.2, 0.25) is 0 Å². The van der Waals surface area contributed by atoms with Gasteiger partial charge in [0.25, 0.3) is 0 Å². The van der Waals surface area contributed by atoms with Crippen molar-refractivity contribution in [2.24, 2.45) is 0 Å². The highest BCUT2D eigenvalue weighted by Gasteiger charge is 2.26. The third-order valence-corrected chi connectivity index (χ3v) is 6.02. The Labute approximate surface area is 125 Å². The van der Waals surface area contributed by atoms with Gasteiger partial charge >= 0.3 is 0 Å². The normalized spacial score (nSPS) is 15.2. The number of halogens is 3. The van der Waals surface area contributed by atoms with E-state index < -0.39 is 0 Å². The number of aromatic nitrogens is 2. The molecule has 3 rings (SSSR count). The summed E-state index contributed by atoms with van der Waals surface area (Å²) in [5, 5.41) is 0.526. The lowest BCUT2D eigenvalue weighted by atomic mass is 10.3. The van der Waals surface area contributed by atoms with Crippen LogP contribution >= 0.6 is 54.8 Å². The first-order valence-corrected chi connectivity index (χ1v) is 7.91. The number of hydrogen-bond donors (Lipinski definition) is 0. The largest absolute Gasteiger partial charge is 0.232 e. The van der Waals surface area contributed by atoms with Crippen molar-refractivity contribution < 1.29 is 0 Å². The third-order valence-electron chi connectivity index (χ3n) is 2.58. The zero-order chi connectivity index (χ0) is 12.0. The van der Waals surface area contributed by atoms with E-state index in [2.05, 4.69) is 41.8 Å². The maximum absolute atomic E-state index is 6.05. The summed E-state index contributed by atoms with van der Waals surface area (Å²) in [7, 11) is 0. The second kappa shape index (κ2) is 4.61. The van der Waals surface area contributed by atoms with E-state index in [-0.39, 0.29) is 0 Å². The van der Waals surface area contributed by atoms with Crippen LogP contribution in [0.15, 0.2) is 20.4 Å². The minimum absolute atomic E-state index is 0.526. The van der Waals surface area contributed by atoms with Gasteiger partial charge in [-0.2, -0.15) is 0 Å². The molecule has 1 saturated carbocycles. The summed E-state index contributed by atoms with van der Waals surface area (Å²) < 4.78 is 2.07. The monoisotopic (exact) mass is 392 g/mol. The van der Waals surface area contributed by atoms with Crippen LogP contribution in [0.2, 0.25) is 5.15 Å². The third kappa shape index (κ3) is 2.57. The predicted octanol–water partition coefficient (Wildman–Crippen LogP) is 5.26.